The van der Waals surface area contributed by atoms with Crippen molar-refractivity contribution in [2.24, 2.45) is 5.10 Å². The molecule has 0 saturated carbocycles. The second kappa shape index (κ2) is 11.2. The molecule has 0 radical (unpaired) electrons. The second-order valence-electron chi connectivity index (χ2n) is 7.40. The first-order chi connectivity index (χ1) is 16.2. The van der Waals surface area contributed by atoms with Crippen LogP contribution in [-0.2, 0) is 21.4 Å². The molecule has 3 aromatic rings. The monoisotopic (exact) mass is 543 g/mol. The summed E-state index contributed by atoms with van der Waals surface area (Å²) in [7, 11) is -3.99. The molecule has 3 rings (SSSR count). The summed E-state index contributed by atoms with van der Waals surface area (Å²) < 4.78 is 28.4. The van der Waals surface area contributed by atoms with E-state index in [1.807, 2.05) is 19.1 Å². The number of hydrogen-bond acceptors (Lipinski definition) is 5. The fourth-order valence-corrected chi connectivity index (χ4v) is 4.70. The number of rotatable bonds is 9. The summed E-state index contributed by atoms with van der Waals surface area (Å²) in [4.78, 5) is 23.9. The number of halogens is 1. The zero-order valence-corrected chi connectivity index (χ0v) is 20.6. The molecule has 34 heavy (non-hydrogen) atoms. The molecule has 0 saturated heterocycles. The van der Waals surface area contributed by atoms with E-state index in [0.717, 1.165) is 19.9 Å². The van der Waals surface area contributed by atoms with Crippen molar-refractivity contribution in [3.8, 4) is 0 Å². The highest BCUT2D eigenvalue weighted by atomic mass is 79.9. The van der Waals surface area contributed by atoms with Crippen LogP contribution >= 0.6 is 15.9 Å². The van der Waals surface area contributed by atoms with Crippen LogP contribution in [0.25, 0.3) is 0 Å². The van der Waals surface area contributed by atoms with Gasteiger partial charge in [0.1, 0.15) is 0 Å². The molecule has 2 N–H and O–H groups in total. The van der Waals surface area contributed by atoms with Crippen LogP contribution in [0.3, 0.4) is 0 Å². The number of carbonyl (C=O) groups is 2. The van der Waals surface area contributed by atoms with E-state index in [4.69, 9.17) is 0 Å². The molecule has 1 amide bonds. The van der Waals surface area contributed by atoms with Gasteiger partial charge in [0.05, 0.1) is 23.2 Å². The molecule has 0 aliphatic heterocycles. The Kier molecular flexibility index (Phi) is 8.32. The molecule has 176 valence electrons. The molecule has 10 heteroatoms. The minimum absolute atomic E-state index is 0.0162. The first-order valence-corrected chi connectivity index (χ1v) is 12.4. The molecule has 0 unspecified atom stereocenters. The summed E-state index contributed by atoms with van der Waals surface area (Å²) in [5, 5.41) is 13.0. The zero-order valence-electron chi connectivity index (χ0n) is 18.2. The van der Waals surface area contributed by atoms with Crippen molar-refractivity contribution in [3.05, 3.63) is 99.5 Å². The van der Waals surface area contributed by atoms with Crippen molar-refractivity contribution in [2.45, 2.75) is 18.4 Å². The van der Waals surface area contributed by atoms with Crippen LogP contribution < -0.4 is 5.43 Å². The van der Waals surface area contributed by atoms with Crippen LogP contribution in [0, 0.1) is 6.92 Å². The number of hydrogen-bond donors (Lipinski definition) is 2. The van der Waals surface area contributed by atoms with E-state index in [-0.39, 0.29) is 17.0 Å². The molecule has 0 atom stereocenters. The topological polar surface area (TPSA) is 116 Å². The van der Waals surface area contributed by atoms with Gasteiger partial charge >= 0.3 is 5.97 Å². The third-order valence-corrected chi connectivity index (χ3v) is 7.17. The van der Waals surface area contributed by atoms with Crippen molar-refractivity contribution in [2.75, 3.05) is 6.54 Å². The Morgan fingerprint density at radius 3 is 2.32 bits per heavy atom. The van der Waals surface area contributed by atoms with Gasteiger partial charge in [-0.3, -0.25) is 4.79 Å². The summed E-state index contributed by atoms with van der Waals surface area (Å²) in [5.41, 5.74) is 4.35. The van der Waals surface area contributed by atoms with E-state index >= 15 is 0 Å². The number of nitrogens with one attached hydrogen (secondary N) is 1. The molecule has 8 nitrogen and oxygen atoms in total. The molecule has 0 aliphatic rings. The quantitative estimate of drug-likeness (QED) is 0.314. The first kappa shape index (κ1) is 25.3. The number of hydrazone groups is 1. The Bertz CT molecular complexity index is 1310. The Morgan fingerprint density at radius 1 is 1.03 bits per heavy atom. The number of carbonyl (C=O) groups excluding carboxylic acids is 1. The lowest BCUT2D eigenvalue weighted by atomic mass is 10.1. The smallest absolute Gasteiger partial charge is 0.336 e. The summed E-state index contributed by atoms with van der Waals surface area (Å²) in [5.74, 6) is -1.80. The highest BCUT2D eigenvalue weighted by molar-refractivity contribution is 9.10. The molecule has 0 aromatic heterocycles. The van der Waals surface area contributed by atoms with Crippen LogP contribution in [0.4, 0.5) is 0 Å². The van der Waals surface area contributed by atoms with Crippen molar-refractivity contribution in [1.82, 2.24) is 9.73 Å². The minimum Gasteiger partial charge on any atom is -0.478 e. The number of aromatic carboxylic acids is 1. The van der Waals surface area contributed by atoms with Crippen LogP contribution in [0.2, 0.25) is 0 Å². The van der Waals surface area contributed by atoms with E-state index in [1.54, 1.807) is 42.5 Å². The van der Waals surface area contributed by atoms with Crippen molar-refractivity contribution < 1.29 is 23.1 Å². The molecular weight excluding hydrogens is 522 g/mol. The largest absolute Gasteiger partial charge is 0.478 e. The van der Waals surface area contributed by atoms with Crippen LogP contribution in [0.5, 0.6) is 0 Å². The van der Waals surface area contributed by atoms with Gasteiger partial charge in [-0.1, -0.05) is 64.0 Å². The van der Waals surface area contributed by atoms with E-state index in [1.165, 1.54) is 24.4 Å². The fourth-order valence-electron chi connectivity index (χ4n) is 3.05. The van der Waals surface area contributed by atoms with Crippen molar-refractivity contribution in [3.63, 3.8) is 0 Å². The third kappa shape index (κ3) is 6.60. The maximum atomic E-state index is 13.3. The second-order valence-corrected chi connectivity index (χ2v) is 10.3. The predicted molar refractivity (Wildman–Crippen MR) is 132 cm³/mol. The standard InChI is InChI=1S/C24H22BrN3O5S/c1-17-6-8-18(9-7-17)15-28(34(32,33)21-12-10-20(25)11-13-21)16-23(29)27-26-14-19-4-2-3-5-22(19)24(30)31/h2-14H,15-16H2,1H3,(H,27,29)(H,30,31)/b26-14-. The van der Waals surface area contributed by atoms with Crippen LogP contribution in [0.15, 0.2) is 87.3 Å². The highest BCUT2D eigenvalue weighted by Crippen LogP contribution is 2.21. The van der Waals surface area contributed by atoms with Gasteiger partial charge in [-0.25, -0.2) is 18.6 Å². The van der Waals surface area contributed by atoms with Crippen molar-refractivity contribution >= 4 is 44.0 Å². The number of aryl methyl sites for hydroxylation is 1. The average Bonchev–Trinajstić information content (AvgIpc) is 2.80. The number of nitrogens with zero attached hydrogens (tertiary/aromatic N) is 2. The average molecular weight is 544 g/mol. The molecule has 0 fully saturated rings. The number of carboxylic acid groups (broad SMARTS) is 1. The lowest BCUT2D eigenvalue weighted by molar-refractivity contribution is -0.121. The highest BCUT2D eigenvalue weighted by Gasteiger charge is 2.27. The summed E-state index contributed by atoms with van der Waals surface area (Å²) in [6, 6.07) is 19.7. The molecule has 0 spiro atoms. The third-order valence-electron chi connectivity index (χ3n) is 4.83. The SMILES string of the molecule is Cc1ccc(CN(CC(=O)N/N=C\c2ccccc2C(=O)O)S(=O)(=O)c2ccc(Br)cc2)cc1. The van der Waals surface area contributed by atoms with E-state index in [0.29, 0.717) is 5.56 Å². The van der Waals surface area contributed by atoms with E-state index in [2.05, 4.69) is 26.5 Å². The fraction of sp³-hybridized carbons (Fsp3) is 0.125. The van der Waals surface area contributed by atoms with Gasteiger partial charge in [-0.2, -0.15) is 9.41 Å². The Morgan fingerprint density at radius 2 is 1.68 bits per heavy atom. The number of benzene rings is 3. The van der Waals surface area contributed by atoms with Gasteiger partial charge in [0.2, 0.25) is 10.0 Å². The van der Waals surface area contributed by atoms with Gasteiger partial charge in [0.15, 0.2) is 0 Å². The lowest BCUT2D eigenvalue weighted by Crippen LogP contribution is -2.39. The van der Waals surface area contributed by atoms with Crippen molar-refractivity contribution in [1.29, 1.82) is 0 Å². The van der Waals surface area contributed by atoms with E-state index in [9.17, 15) is 23.1 Å². The Labute approximate surface area is 206 Å². The van der Waals surface area contributed by atoms with Gasteiger partial charge in [0, 0.05) is 16.6 Å². The molecular formula is C24H22BrN3O5S. The van der Waals surface area contributed by atoms with Gasteiger partial charge in [-0.15, -0.1) is 0 Å². The zero-order chi connectivity index (χ0) is 24.7. The summed E-state index contributed by atoms with van der Waals surface area (Å²) >= 11 is 3.29. The Balaban J connectivity index is 1.80. The minimum atomic E-state index is -3.99. The summed E-state index contributed by atoms with van der Waals surface area (Å²) in [6.45, 7) is 1.43. The van der Waals surface area contributed by atoms with Crippen LogP contribution in [0.1, 0.15) is 27.0 Å². The molecule has 0 aliphatic carbocycles. The summed E-state index contributed by atoms with van der Waals surface area (Å²) in [6.07, 6.45) is 1.20. The van der Waals surface area contributed by atoms with Gasteiger partial charge < -0.3 is 5.11 Å². The predicted octanol–water partition coefficient (Wildman–Crippen LogP) is 3.80. The maximum Gasteiger partial charge on any atom is 0.336 e. The van der Waals surface area contributed by atoms with E-state index < -0.39 is 28.4 Å². The number of sulfonamides is 1. The Hall–Kier alpha value is -3.34. The lowest BCUT2D eigenvalue weighted by Gasteiger charge is -2.21. The number of carboxylic acids is 1. The van der Waals surface area contributed by atoms with Crippen LogP contribution in [-0.4, -0.2) is 42.5 Å². The van der Waals surface area contributed by atoms with Gasteiger partial charge in [-0.05, 0) is 42.8 Å². The maximum absolute atomic E-state index is 13.3. The first-order valence-electron chi connectivity index (χ1n) is 10.1. The molecule has 3 aromatic carbocycles. The number of amides is 1. The molecule has 0 heterocycles. The van der Waals surface area contributed by atoms with Gasteiger partial charge in [0.25, 0.3) is 5.91 Å². The molecule has 0 bridgehead atoms. The normalized spacial score (nSPS) is 11.6.